The van der Waals surface area contributed by atoms with Crippen LogP contribution >= 0.6 is 0 Å². The molecule has 0 atom stereocenters. The van der Waals surface area contributed by atoms with Crippen LogP contribution in [0.15, 0.2) is 52.9 Å². The topological polar surface area (TPSA) is 78.6 Å². The average Bonchev–Trinajstić information content (AvgIpc) is 2.98. The Kier molecular flexibility index (Phi) is 3.76. The van der Waals surface area contributed by atoms with Gasteiger partial charge in [0.2, 0.25) is 0 Å². The number of oxazole rings is 1. The van der Waals surface area contributed by atoms with E-state index in [9.17, 15) is 4.79 Å². The molecule has 0 bridgehead atoms. The summed E-state index contributed by atoms with van der Waals surface area (Å²) >= 11 is 0. The maximum absolute atomic E-state index is 11.4. The molecule has 1 aromatic heterocycles. The average molecular weight is 297 g/mol. The van der Waals surface area contributed by atoms with Crippen LogP contribution in [0.5, 0.6) is 0 Å². The second kappa shape index (κ2) is 5.87. The fourth-order valence-corrected chi connectivity index (χ4v) is 2.21. The van der Waals surface area contributed by atoms with E-state index in [1.54, 1.807) is 23.7 Å². The Morgan fingerprint density at radius 3 is 2.77 bits per heavy atom. The lowest BCUT2D eigenvalue weighted by Crippen LogP contribution is -2.18. The number of anilines is 1. The predicted octanol–water partition coefficient (Wildman–Crippen LogP) is 2.58. The lowest BCUT2D eigenvalue weighted by atomic mass is 10.2. The summed E-state index contributed by atoms with van der Waals surface area (Å²) in [4.78, 5) is 17.7. The molecule has 1 amide bonds. The minimum Gasteiger partial charge on any atom is -0.423 e. The van der Waals surface area contributed by atoms with Gasteiger partial charge in [0.1, 0.15) is 5.52 Å². The number of carbonyl (C=O) groups is 1. The van der Waals surface area contributed by atoms with Gasteiger partial charge >= 0.3 is 0 Å². The largest absolute Gasteiger partial charge is 0.423 e. The molecule has 2 aromatic carbocycles. The Bertz CT molecular complexity index is 799. The van der Waals surface area contributed by atoms with Gasteiger partial charge in [-0.25, -0.2) is 5.48 Å². The van der Waals surface area contributed by atoms with Crippen molar-refractivity contribution >= 4 is 23.0 Å². The number of carbonyl (C=O) groups excluding carboxylic acids is 1. The summed E-state index contributed by atoms with van der Waals surface area (Å²) in [6, 6.07) is 15.3. The summed E-state index contributed by atoms with van der Waals surface area (Å²) in [7, 11) is 1.89. The first-order valence-electron chi connectivity index (χ1n) is 6.77. The zero-order valence-electron chi connectivity index (χ0n) is 12.0. The van der Waals surface area contributed by atoms with E-state index in [1.165, 1.54) is 0 Å². The second-order valence-electron chi connectivity index (χ2n) is 4.96. The predicted molar refractivity (Wildman–Crippen MR) is 81.8 cm³/mol. The van der Waals surface area contributed by atoms with Crippen molar-refractivity contribution in [2.24, 2.45) is 0 Å². The maximum Gasteiger partial charge on any atom is 0.298 e. The van der Waals surface area contributed by atoms with Crippen LogP contribution in [0.2, 0.25) is 0 Å². The number of nitrogens with one attached hydrogen (secondary N) is 1. The summed E-state index contributed by atoms with van der Waals surface area (Å²) < 4.78 is 5.69. The molecule has 6 nitrogen and oxygen atoms in total. The highest BCUT2D eigenvalue weighted by Gasteiger charge is 2.13. The van der Waals surface area contributed by atoms with Crippen molar-refractivity contribution in [2.75, 3.05) is 11.9 Å². The van der Waals surface area contributed by atoms with Crippen molar-refractivity contribution in [1.29, 1.82) is 0 Å². The molecule has 1 heterocycles. The van der Waals surface area contributed by atoms with Crippen LogP contribution < -0.4 is 10.4 Å². The standard InChI is InChI=1S/C16H15N3O3/c1-19(10-11-5-3-2-4-6-11)16-17-13-9-12(15(20)18-21)7-8-14(13)22-16/h2-9,21H,10H2,1H3,(H,18,20). The maximum atomic E-state index is 11.4. The first-order chi connectivity index (χ1) is 10.7. The molecular weight excluding hydrogens is 282 g/mol. The van der Waals surface area contributed by atoms with Gasteiger partial charge in [-0.05, 0) is 23.8 Å². The van der Waals surface area contributed by atoms with E-state index in [1.807, 2.05) is 42.3 Å². The van der Waals surface area contributed by atoms with Crippen molar-refractivity contribution < 1.29 is 14.4 Å². The van der Waals surface area contributed by atoms with Gasteiger partial charge in [-0.2, -0.15) is 4.98 Å². The Balaban J connectivity index is 1.86. The minimum absolute atomic E-state index is 0.320. The molecule has 2 N–H and O–H groups in total. The summed E-state index contributed by atoms with van der Waals surface area (Å²) in [5, 5.41) is 8.67. The summed E-state index contributed by atoms with van der Waals surface area (Å²) in [5.41, 5.74) is 4.22. The fourth-order valence-electron chi connectivity index (χ4n) is 2.21. The van der Waals surface area contributed by atoms with Crippen molar-refractivity contribution in [3.63, 3.8) is 0 Å². The molecule has 0 saturated heterocycles. The Morgan fingerprint density at radius 1 is 1.27 bits per heavy atom. The number of rotatable bonds is 4. The van der Waals surface area contributed by atoms with E-state index < -0.39 is 5.91 Å². The van der Waals surface area contributed by atoms with Gasteiger partial charge in [0.05, 0.1) is 0 Å². The number of amides is 1. The number of hydrogen-bond acceptors (Lipinski definition) is 5. The van der Waals surface area contributed by atoms with Crippen LogP contribution in [0.1, 0.15) is 15.9 Å². The first-order valence-corrected chi connectivity index (χ1v) is 6.77. The Morgan fingerprint density at radius 2 is 2.05 bits per heavy atom. The molecule has 0 spiro atoms. The van der Waals surface area contributed by atoms with E-state index >= 15 is 0 Å². The van der Waals surface area contributed by atoms with Crippen molar-refractivity contribution in [3.05, 3.63) is 59.7 Å². The molecule has 22 heavy (non-hydrogen) atoms. The van der Waals surface area contributed by atoms with Crippen LogP contribution in [-0.4, -0.2) is 23.1 Å². The molecule has 0 aliphatic carbocycles. The van der Waals surface area contributed by atoms with Gasteiger partial charge < -0.3 is 9.32 Å². The molecule has 0 saturated carbocycles. The van der Waals surface area contributed by atoms with Crippen LogP contribution in [0, 0.1) is 0 Å². The molecule has 0 aliphatic heterocycles. The quantitative estimate of drug-likeness (QED) is 0.571. The molecule has 0 fully saturated rings. The zero-order valence-corrected chi connectivity index (χ0v) is 12.0. The van der Waals surface area contributed by atoms with Gasteiger partial charge in [-0.15, -0.1) is 0 Å². The zero-order chi connectivity index (χ0) is 15.5. The van der Waals surface area contributed by atoms with E-state index in [-0.39, 0.29) is 0 Å². The monoisotopic (exact) mass is 297 g/mol. The Hall–Kier alpha value is -2.86. The van der Waals surface area contributed by atoms with Gasteiger partial charge in [0, 0.05) is 19.2 Å². The van der Waals surface area contributed by atoms with E-state index in [0.29, 0.717) is 29.2 Å². The number of benzene rings is 2. The molecule has 3 rings (SSSR count). The van der Waals surface area contributed by atoms with E-state index in [4.69, 9.17) is 9.62 Å². The van der Waals surface area contributed by atoms with Crippen LogP contribution in [0.3, 0.4) is 0 Å². The third-order valence-electron chi connectivity index (χ3n) is 3.33. The van der Waals surface area contributed by atoms with Gasteiger partial charge in [-0.3, -0.25) is 10.0 Å². The lowest BCUT2D eigenvalue weighted by Gasteiger charge is -2.13. The second-order valence-corrected chi connectivity index (χ2v) is 4.96. The van der Waals surface area contributed by atoms with Gasteiger partial charge in [0.25, 0.3) is 11.9 Å². The summed E-state index contributed by atoms with van der Waals surface area (Å²) in [6.45, 7) is 0.664. The highest BCUT2D eigenvalue weighted by Crippen LogP contribution is 2.23. The molecular formula is C16H15N3O3. The highest BCUT2D eigenvalue weighted by molar-refractivity contribution is 5.96. The Labute approximate surface area is 126 Å². The van der Waals surface area contributed by atoms with Crippen LogP contribution in [0.4, 0.5) is 6.01 Å². The molecule has 3 aromatic rings. The van der Waals surface area contributed by atoms with Gasteiger partial charge in [-0.1, -0.05) is 30.3 Å². The van der Waals surface area contributed by atoms with Crippen LogP contribution in [0.25, 0.3) is 11.1 Å². The number of nitrogens with zero attached hydrogens (tertiary/aromatic N) is 2. The number of aromatic nitrogens is 1. The molecule has 0 unspecified atom stereocenters. The molecule has 0 aliphatic rings. The van der Waals surface area contributed by atoms with E-state index in [0.717, 1.165) is 5.56 Å². The summed E-state index contributed by atoms with van der Waals surface area (Å²) in [5.74, 6) is -0.580. The van der Waals surface area contributed by atoms with Crippen molar-refractivity contribution in [1.82, 2.24) is 10.5 Å². The van der Waals surface area contributed by atoms with Crippen LogP contribution in [-0.2, 0) is 6.54 Å². The minimum atomic E-state index is -0.580. The van der Waals surface area contributed by atoms with Crippen molar-refractivity contribution in [2.45, 2.75) is 6.54 Å². The number of fused-ring (bicyclic) bond motifs is 1. The van der Waals surface area contributed by atoms with Crippen molar-refractivity contribution in [3.8, 4) is 0 Å². The number of hydroxylamine groups is 1. The highest BCUT2D eigenvalue weighted by atomic mass is 16.5. The molecule has 112 valence electrons. The lowest BCUT2D eigenvalue weighted by molar-refractivity contribution is 0.0706. The van der Waals surface area contributed by atoms with E-state index in [2.05, 4.69) is 4.98 Å². The third-order valence-corrected chi connectivity index (χ3v) is 3.33. The smallest absolute Gasteiger partial charge is 0.298 e. The third kappa shape index (κ3) is 2.77. The SMILES string of the molecule is CN(Cc1ccccc1)c1nc2cc(C(=O)NO)ccc2o1. The first kappa shape index (κ1) is 14.1. The normalized spacial score (nSPS) is 10.6. The number of hydrogen-bond donors (Lipinski definition) is 2. The molecule has 0 radical (unpaired) electrons. The molecule has 6 heteroatoms. The summed E-state index contributed by atoms with van der Waals surface area (Å²) in [6.07, 6.45) is 0. The fraction of sp³-hybridized carbons (Fsp3) is 0.125. The van der Waals surface area contributed by atoms with Gasteiger partial charge in [0.15, 0.2) is 5.58 Å².